The lowest BCUT2D eigenvalue weighted by molar-refractivity contribution is -0.150. The number of nitrogens with one attached hydrogen (secondary N) is 1. The quantitative estimate of drug-likeness (QED) is 0.340. The van der Waals surface area contributed by atoms with Gasteiger partial charge in [0.05, 0.1) is 5.75 Å². The highest BCUT2D eigenvalue weighted by Gasteiger charge is 2.33. The first kappa shape index (κ1) is 21.5. The van der Waals surface area contributed by atoms with Gasteiger partial charge in [-0.1, -0.05) is 30.3 Å². The number of benzene rings is 1. The van der Waals surface area contributed by atoms with Crippen molar-refractivity contribution in [3.05, 3.63) is 35.9 Å². The number of hydrogen-bond donors (Lipinski definition) is 3. The zero-order valence-electron chi connectivity index (χ0n) is 13.3. The van der Waals surface area contributed by atoms with Gasteiger partial charge in [0.1, 0.15) is 18.8 Å². The molecule has 0 fully saturated rings. The molecule has 0 saturated carbocycles. The lowest BCUT2D eigenvalue weighted by atomic mass is 10.1. The molecule has 0 radical (unpaired) electrons. The summed E-state index contributed by atoms with van der Waals surface area (Å²) >= 11 is 0. The number of hydrogen-bond acceptors (Lipinski definition) is 8. The van der Waals surface area contributed by atoms with Crippen LogP contribution in [0, 0.1) is 0 Å². The van der Waals surface area contributed by atoms with Crippen molar-refractivity contribution >= 4 is 26.4 Å². The maximum Gasteiger partial charge on any atom is 0.397 e. The minimum absolute atomic E-state index is 0.378. The minimum Gasteiger partial charge on any atom is -0.463 e. The van der Waals surface area contributed by atoms with Gasteiger partial charge in [0.2, 0.25) is 10.0 Å². The van der Waals surface area contributed by atoms with E-state index in [1.54, 1.807) is 30.3 Å². The fourth-order valence-electron chi connectivity index (χ4n) is 1.65. The van der Waals surface area contributed by atoms with Crippen LogP contribution in [0.1, 0.15) is 12.5 Å². The van der Waals surface area contributed by atoms with Crippen molar-refractivity contribution in [1.82, 2.24) is 4.72 Å². The summed E-state index contributed by atoms with van der Waals surface area (Å²) in [5.74, 6) is -1.16. The molecule has 1 unspecified atom stereocenters. The van der Waals surface area contributed by atoms with E-state index in [1.807, 2.05) is 0 Å². The SMILES string of the molecule is CC(=O)OCC(O)(CNS(=O)(=O)Cc1ccccc1)COS(=O)(=O)O. The fourth-order valence-corrected chi connectivity index (χ4v) is 3.24. The van der Waals surface area contributed by atoms with Crippen LogP contribution in [0.5, 0.6) is 0 Å². The largest absolute Gasteiger partial charge is 0.463 e. The zero-order valence-corrected chi connectivity index (χ0v) is 14.9. The second kappa shape index (κ2) is 8.69. The standard InChI is InChI=1S/C13H19NO9S2/c1-11(15)22-9-13(16,10-23-25(19,20)21)8-14-24(17,18)7-12-5-3-2-4-6-12/h2-6,14,16H,7-10H2,1H3,(H,19,20,21). The first-order valence-electron chi connectivity index (χ1n) is 6.90. The molecule has 0 aromatic heterocycles. The minimum atomic E-state index is -4.88. The van der Waals surface area contributed by atoms with Crippen molar-refractivity contribution in [3.63, 3.8) is 0 Å². The van der Waals surface area contributed by atoms with Crippen molar-refractivity contribution in [2.75, 3.05) is 19.8 Å². The number of esters is 1. The summed E-state index contributed by atoms with van der Waals surface area (Å²) in [6, 6.07) is 8.20. The molecular weight excluding hydrogens is 378 g/mol. The van der Waals surface area contributed by atoms with Crippen LogP contribution in [0.4, 0.5) is 0 Å². The summed E-state index contributed by atoms with van der Waals surface area (Å²) in [6.45, 7) is -1.42. The molecule has 0 aliphatic carbocycles. The van der Waals surface area contributed by atoms with Crippen molar-refractivity contribution in [3.8, 4) is 0 Å². The molecule has 25 heavy (non-hydrogen) atoms. The van der Waals surface area contributed by atoms with Gasteiger partial charge in [0.15, 0.2) is 0 Å². The van der Waals surface area contributed by atoms with Gasteiger partial charge in [-0.3, -0.25) is 9.35 Å². The molecule has 12 heteroatoms. The summed E-state index contributed by atoms with van der Waals surface area (Å²) in [5, 5.41) is 10.2. The number of aliphatic hydroxyl groups is 1. The van der Waals surface area contributed by atoms with Gasteiger partial charge in [-0.25, -0.2) is 17.3 Å². The average molecular weight is 397 g/mol. The molecule has 0 saturated heterocycles. The van der Waals surface area contributed by atoms with Crippen molar-refractivity contribution in [2.24, 2.45) is 0 Å². The van der Waals surface area contributed by atoms with E-state index in [0.717, 1.165) is 6.92 Å². The van der Waals surface area contributed by atoms with Crippen LogP contribution in [0.2, 0.25) is 0 Å². The molecule has 0 aliphatic heterocycles. The molecular formula is C13H19NO9S2. The van der Waals surface area contributed by atoms with Gasteiger partial charge in [-0.2, -0.15) is 8.42 Å². The van der Waals surface area contributed by atoms with E-state index in [9.17, 15) is 26.7 Å². The smallest absolute Gasteiger partial charge is 0.397 e. The fraction of sp³-hybridized carbons (Fsp3) is 0.462. The first-order chi connectivity index (χ1) is 11.4. The van der Waals surface area contributed by atoms with Crippen molar-refractivity contribution in [1.29, 1.82) is 0 Å². The Hall–Kier alpha value is -1.57. The van der Waals surface area contributed by atoms with Crippen LogP contribution >= 0.6 is 0 Å². The van der Waals surface area contributed by atoms with Gasteiger partial charge < -0.3 is 9.84 Å². The normalized spacial score (nSPS) is 14.7. The molecule has 0 bridgehead atoms. The van der Waals surface area contributed by atoms with E-state index >= 15 is 0 Å². The summed E-state index contributed by atoms with van der Waals surface area (Å²) in [4.78, 5) is 10.9. The monoisotopic (exact) mass is 397 g/mol. The Kier molecular flexibility index (Phi) is 7.46. The molecule has 0 spiro atoms. The van der Waals surface area contributed by atoms with E-state index in [4.69, 9.17) is 4.55 Å². The van der Waals surface area contributed by atoms with E-state index in [-0.39, 0.29) is 5.75 Å². The summed E-state index contributed by atoms with van der Waals surface area (Å²) < 4.78 is 64.7. The number of sulfonamides is 1. The van der Waals surface area contributed by atoms with Crippen molar-refractivity contribution < 1.29 is 40.2 Å². The van der Waals surface area contributed by atoms with Crippen molar-refractivity contribution in [2.45, 2.75) is 18.3 Å². The van der Waals surface area contributed by atoms with Gasteiger partial charge in [0.25, 0.3) is 0 Å². The Morgan fingerprint density at radius 3 is 2.28 bits per heavy atom. The lowest BCUT2D eigenvalue weighted by Crippen LogP contribution is -2.50. The molecule has 10 nitrogen and oxygen atoms in total. The molecule has 1 atom stereocenters. The highest BCUT2D eigenvalue weighted by Crippen LogP contribution is 2.10. The third-order valence-electron chi connectivity index (χ3n) is 2.84. The maximum absolute atomic E-state index is 12.0. The highest BCUT2D eigenvalue weighted by atomic mass is 32.3. The third kappa shape index (κ3) is 9.48. The zero-order chi connectivity index (χ0) is 19.1. The van der Waals surface area contributed by atoms with Crippen LogP contribution in [0.25, 0.3) is 0 Å². The summed E-state index contributed by atoms with van der Waals surface area (Å²) in [6.07, 6.45) is 0. The van der Waals surface area contributed by atoms with Crippen LogP contribution in [-0.2, 0) is 39.9 Å². The predicted molar refractivity (Wildman–Crippen MR) is 86.2 cm³/mol. The van der Waals surface area contributed by atoms with E-state index < -0.39 is 51.8 Å². The van der Waals surface area contributed by atoms with Gasteiger partial charge in [-0.15, -0.1) is 0 Å². The molecule has 1 rings (SSSR count). The number of rotatable bonds is 10. The Balaban J connectivity index is 2.76. The number of carbonyl (C=O) groups is 1. The molecule has 1 aromatic rings. The molecule has 0 amide bonds. The van der Waals surface area contributed by atoms with Crippen LogP contribution < -0.4 is 4.72 Å². The van der Waals surface area contributed by atoms with Gasteiger partial charge in [0, 0.05) is 13.5 Å². The summed E-state index contributed by atoms with van der Waals surface area (Å²) in [5.41, 5.74) is -1.71. The Bertz CT molecular complexity index is 777. The second-order valence-corrected chi connectivity index (χ2v) is 8.16. The Morgan fingerprint density at radius 2 is 1.76 bits per heavy atom. The molecule has 142 valence electrons. The molecule has 1 aromatic carbocycles. The lowest BCUT2D eigenvalue weighted by Gasteiger charge is -2.26. The van der Waals surface area contributed by atoms with Gasteiger partial charge in [-0.05, 0) is 5.56 Å². The second-order valence-electron chi connectivity index (χ2n) is 5.26. The molecule has 3 N–H and O–H groups in total. The Labute approximate surface area is 145 Å². The van der Waals surface area contributed by atoms with E-state index in [1.165, 1.54) is 0 Å². The maximum atomic E-state index is 12.0. The van der Waals surface area contributed by atoms with Crippen LogP contribution in [0.15, 0.2) is 30.3 Å². The Morgan fingerprint density at radius 1 is 1.16 bits per heavy atom. The van der Waals surface area contributed by atoms with E-state index in [0.29, 0.717) is 5.56 Å². The third-order valence-corrected chi connectivity index (χ3v) is 4.55. The predicted octanol–water partition coefficient (Wildman–Crippen LogP) is -0.780. The molecule has 0 aliphatic rings. The van der Waals surface area contributed by atoms with Crippen LogP contribution in [-0.4, -0.2) is 57.8 Å². The van der Waals surface area contributed by atoms with Gasteiger partial charge >= 0.3 is 16.4 Å². The average Bonchev–Trinajstić information content (AvgIpc) is 2.49. The van der Waals surface area contributed by atoms with E-state index in [2.05, 4.69) is 13.6 Å². The number of ether oxygens (including phenoxy) is 1. The van der Waals surface area contributed by atoms with Crippen LogP contribution in [0.3, 0.4) is 0 Å². The topological polar surface area (TPSA) is 156 Å². The molecule has 0 heterocycles. The first-order valence-corrected chi connectivity index (χ1v) is 9.91. The highest BCUT2D eigenvalue weighted by molar-refractivity contribution is 7.88. The number of carbonyl (C=O) groups excluding carboxylic acids is 1. The summed E-state index contributed by atoms with van der Waals surface area (Å²) in [7, 11) is -8.75.